The molecule has 0 fully saturated rings. The smallest absolute Gasteiger partial charge is 0.343 e. The number of rotatable bonds is 13. The first-order valence-corrected chi connectivity index (χ1v) is 12.5. The second kappa shape index (κ2) is 13.9. The monoisotopic (exact) mass is 486 g/mol. The summed E-state index contributed by atoms with van der Waals surface area (Å²) < 4.78 is 16.5. The highest BCUT2D eigenvalue weighted by Crippen LogP contribution is 2.24. The molecule has 0 aromatic heterocycles. The molecule has 1 atom stereocenters. The molecule has 0 amide bonds. The molecule has 0 saturated carbocycles. The van der Waals surface area contributed by atoms with E-state index >= 15 is 0 Å². The molecule has 0 saturated heterocycles. The topological polar surface area (TPSA) is 61.8 Å². The number of hydrogen-bond acceptors (Lipinski definition) is 5. The lowest BCUT2D eigenvalue weighted by Gasteiger charge is -2.13. The lowest BCUT2D eigenvalue weighted by atomic mass is 10.0. The normalized spacial score (nSPS) is 11.4. The van der Waals surface area contributed by atoms with Crippen LogP contribution in [0.3, 0.4) is 0 Å². The molecule has 5 nitrogen and oxygen atoms in total. The molecule has 3 aromatic carbocycles. The van der Waals surface area contributed by atoms with Crippen LogP contribution in [-0.2, 0) is 4.74 Å². The van der Waals surface area contributed by atoms with Crippen LogP contribution in [0.4, 0.5) is 0 Å². The van der Waals surface area contributed by atoms with E-state index in [4.69, 9.17) is 14.2 Å². The molecule has 5 heteroatoms. The lowest BCUT2D eigenvalue weighted by Crippen LogP contribution is -2.15. The van der Waals surface area contributed by atoms with Crippen molar-refractivity contribution >= 4 is 11.9 Å². The van der Waals surface area contributed by atoms with Crippen molar-refractivity contribution in [3.8, 4) is 22.6 Å². The summed E-state index contributed by atoms with van der Waals surface area (Å²) in [5.41, 5.74) is 2.86. The zero-order valence-electron chi connectivity index (χ0n) is 21.1. The van der Waals surface area contributed by atoms with Crippen LogP contribution in [0.15, 0.2) is 85.5 Å². The number of carbonyl (C=O) groups excluding carboxylic acids is 2. The predicted molar refractivity (Wildman–Crippen MR) is 143 cm³/mol. The predicted octanol–water partition coefficient (Wildman–Crippen LogP) is 7.65. The van der Waals surface area contributed by atoms with Crippen LogP contribution in [0.2, 0.25) is 0 Å². The van der Waals surface area contributed by atoms with Crippen LogP contribution in [0.5, 0.6) is 11.5 Å². The maximum Gasteiger partial charge on any atom is 0.343 e. The summed E-state index contributed by atoms with van der Waals surface area (Å²) in [4.78, 5) is 24.9. The van der Waals surface area contributed by atoms with Gasteiger partial charge in [-0.2, -0.15) is 0 Å². The highest BCUT2D eigenvalue weighted by molar-refractivity contribution is 5.91. The summed E-state index contributed by atoms with van der Waals surface area (Å²) in [5, 5.41) is 0. The summed E-state index contributed by atoms with van der Waals surface area (Å²) in [6.07, 6.45) is 7.10. The van der Waals surface area contributed by atoms with Crippen molar-refractivity contribution in [1.29, 1.82) is 0 Å². The lowest BCUT2D eigenvalue weighted by molar-refractivity contribution is 0.0319. The molecule has 3 rings (SSSR count). The van der Waals surface area contributed by atoms with E-state index in [2.05, 4.69) is 13.5 Å². The fourth-order valence-corrected chi connectivity index (χ4v) is 3.69. The first kappa shape index (κ1) is 26.7. The van der Waals surface area contributed by atoms with Gasteiger partial charge in [-0.05, 0) is 79.4 Å². The molecular weight excluding hydrogens is 452 g/mol. The molecule has 0 aliphatic rings. The Labute approximate surface area is 213 Å². The molecule has 188 valence electrons. The van der Waals surface area contributed by atoms with Gasteiger partial charge in [0.2, 0.25) is 0 Å². The van der Waals surface area contributed by atoms with Gasteiger partial charge in [-0.1, -0.05) is 63.1 Å². The van der Waals surface area contributed by atoms with Gasteiger partial charge in [0.15, 0.2) is 0 Å². The van der Waals surface area contributed by atoms with Crippen molar-refractivity contribution in [3.05, 3.63) is 96.6 Å². The van der Waals surface area contributed by atoms with Crippen molar-refractivity contribution in [2.75, 3.05) is 6.61 Å². The number of carbonyl (C=O) groups is 2. The Balaban J connectivity index is 1.53. The van der Waals surface area contributed by atoms with E-state index in [1.54, 1.807) is 54.6 Å². The third kappa shape index (κ3) is 8.12. The molecule has 0 spiro atoms. The summed E-state index contributed by atoms with van der Waals surface area (Å²) >= 11 is 0. The zero-order valence-corrected chi connectivity index (χ0v) is 21.1. The summed E-state index contributed by atoms with van der Waals surface area (Å²) in [7, 11) is 0. The maximum atomic E-state index is 12.4. The van der Waals surface area contributed by atoms with Gasteiger partial charge in [-0.15, -0.1) is 0 Å². The second-order valence-corrected chi connectivity index (χ2v) is 8.68. The minimum atomic E-state index is -0.444. The van der Waals surface area contributed by atoms with Crippen molar-refractivity contribution in [2.45, 2.75) is 52.1 Å². The highest BCUT2D eigenvalue weighted by atomic mass is 16.5. The third-order valence-corrected chi connectivity index (χ3v) is 5.75. The molecule has 0 N–H and O–H groups in total. The van der Waals surface area contributed by atoms with Gasteiger partial charge in [0.25, 0.3) is 0 Å². The highest BCUT2D eigenvalue weighted by Gasteiger charge is 2.13. The van der Waals surface area contributed by atoms with Gasteiger partial charge in [0.05, 0.1) is 17.2 Å². The van der Waals surface area contributed by atoms with Crippen molar-refractivity contribution in [2.24, 2.45) is 0 Å². The van der Waals surface area contributed by atoms with Gasteiger partial charge in [0.1, 0.15) is 18.1 Å². The number of ether oxygens (including phenoxy) is 3. The summed E-state index contributed by atoms with van der Waals surface area (Å²) in [6, 6.07) is 21.3. The average Bonchev–Trinajstić information content (AvgIpc) is 2.90. The quantitative estimate of drug-likeness (QED) is 0.107. The van der Waals surface area contributed by atoms with Crippen LogP contribution in [0, 0.1) is 0 Å². The van der Waals surface area contributed by atoms with Crippen molar-refractivity contribution in [3.63, 3.8) is 0 Å². The fourth-order valence-electron chi connectivity index (χ4n) is 3.69. The number of unbranched alkanes of at least 4 members (excludes halogenated alkanes) is 3. The van der Waals surface area contributed by atoms with Crippen LogP contribution < -0.4 is 9.47 Å². The SMILES string of the molecule is C=CCOc1ccc(C(=O)Oc2ccc(-c3ccc(C(=O)O[C@H](C)CCCCCC)cc3)cc2)cc1. The Morgan fingerprint density at radius 1 is 0.778 bits per heavy atom. The fraction of sp³-hybridized carbons (Fsp3) is 0.290. The van der Waals surface area contributed by atoms with E-state index in [1.165, 1.54) is 19.3 Å². The van der Waals surface area contributed by atoms with Crippen molar-refractivity contribution < 1.29 is 23.8 Å². The first-order chi connectivity index (χ1) is 17.5. The van der Waals surface area contributed by atoms with Gasteiger partial charge in [-0.3, -0.25) is 0 Å². The van der Waals surface area contributed by atoms with E-state index in [0.29, 0.717) is 29.2 Å². The first-order valence-electron chi connectivity index (χ1n) is 12.5. The molecule has 0 radical (unpaired) electrons. The molecular formula is C31H34O5. The van der Waals surface area contributed by atoms with Crippen LogP contribution in [0.25, 0.3) is 11.1 Å². The number of hydrogen-bond donors (Lipinski definition) is 0. The molecule has 0 heterocycles. The van der Waals surface area contributed by atoms with Crippen LogP contribution in [0.1, 0.15) is 66.7 Å². The molecule has 0 aliphatic carbocycles. The van der Waals surface area contributed by atoms with Gasteiger partial charge < -0.3 is 14.2 Å². The maximum absolute atomic E-state index is 12.4. The van der Waals surface area contributed by atoms with Gasteiger partial charge >= 0.3 is 11.9 Å². The number of benzene rings is 3. The van der Waals surface area contributed by atoms with E-state index in [9.17, 15) is 9.59 Å². The molecule has 0 aliphatic heterocycles. The van der Waals surface area contributed by atoms with Crippen LogP contribution in [-0.4, -0.2) is 24.6 Å². The minimum Gasteiger partial charge on any atom is -0.490 e. The van der Waals surface area contributed by atoms with Crippen molar-refractivity contribution in [1.82, 2.24) is 0 Å². The van der Waals surface area contributed by atoms with Gasteiger partial charge in [0, 0.05) is 0 Å². The van der Waals surface area contributed by atoms with Gasteiger partial charge in [-0.25, -0.2) is 9.59 Å². The van der Waals surface area contributed by atoms with E-state index in [1.807, 2.05) is 31.2 Å². The average molecular weight is 487 g/mol. The number of esters is 2. The Morgan fingerprint density at radius 3 is 1.94 bits per heavy atom. The molecule has 0 unspecified atom stereocenters. The Hall–Kier alpha value is -3.86. The second-order valence-electron chi connectivity index (χ2n) is 8.68. The Kier molecular flexibility index (Phi) is 10.3. The largest absolute Gasteiger partial charge is 0.490 e. The van der Waals surface area contributed by atoms with Crippen LogP contribution >= 0.6 is 0 Å². The van der Waals surface area contributed by atoms with E-state index in [-0.39, 0.29) is 12.1 Å². The standard InChI is InChI=1S/C31H34O5/c1-4-6-7-8-9-23(3)35-30(32)26-12-10-24(11-13-26)25-14-20-29(21-15-25)36-31(33)27-16-18-28(19-17-27)34-22-5-2/h5,10-21,23H,2,4,6-9,22H2,1,3H3/t23-/m1/s1. The molecule has 36 heavy (non-hydrogen) atoms. The minimum absolute atomic E-state index is 0.0900. The Morgan fingerprint density at radius 2 is 1.33 bits per heavy atom. The molecule has 3 aromatic rings. The zero-order chi connectivity index (χ0) is 25.8. The third-order valence-electron chi connectivity index (χ3n) is 5.75. The molecule has 0 bridgehead atoms. The van der Waals surface area contributed by atoms with E-state index < -0.39 is 5.97 Å². The summed E-state index contributed by atoms with van der Waals surface area (Å²) in [6.45, 7) is 8.14. The summed E-state index contributed by atoms with van der Waals surface area (Å²) in [5.74, 6) is 0.364. The van der Waals surface area contributed by atoms with E-state index in [0.717, 1.165) is 24.0 Å². The Bertz CT molecular complexity index is 1120.